The number of piperidine rings is 1. The number of hydrogen-bond donors (Lipinski definition) is 2. The molecular weight excluding hydrogens is 282 g/mol. The predicted molar refractivity (Wildman–Crippen MR) is 78.4 cm³/mol. The zero-order chi connectivity index (χ0) is 15.1. The average molecular weight is 301 g/mol. The van der Waals surface area contributed by atoms with Crippen LogP contribution in [0.5, 0.6) is 11.5 Å². The van der Waals surface area contributed by atoms with Crippen molar-refractivity contribution in [2.45, 2.75) is 48.8 Å². The molecule has 1 aromatic carbocycles. The van der Waals surface area contributed by atoms with Crippen molar-refractivity contribution in [1.29, 1.82) is 0 Å². The lowest BCUT2D eigenvalue weighted by atomic mass is 9.49. The number of carbonyl (C=O) groups excluding carboxylic acids is 1. The first-order chi connectivity index (χ1) is 10.6. The van der Waals surface area contributed by atoms with Crippen LogP contribution in [0, 0.1) is 0 Å². The number of methoxy groups -OCH3 is 1. The molecular formula is C17H19NO4. The Labute approximate surface area is 128 Å². The van der Waals surface area contributed by atoms with Gasteiger partial charge in [0.15, 0.2) is 23.4 Å². The summed E-state index contributed by atoms with van der Waals surface area (Å²) in [5.74, 6) is 1.45. The quantitative estimate of drug-likeness (QED) is 0.799. The van der Waals surface area contributed by atoms with Gasteiger partial charge in [0.1, 0.15) is 0 Å². The van der Waals surface area contributed by atoms with Gasteiger partial charge in [-0.3, -0.25) is 4.79 Å². The molecule has 2 aliphatic carbocycles. The van der Waals surface area contributed by atoms with Crippen molar-refractivity contribution in [1.82, 2.24) is 5.32 Å². The maximum absolute atomic E-state index is 12.6. The third kappa shape index (κ3) is 1.16. The van der Waals surface area contributed by atoms with E-state index >= 15 is 0 Å². The molecule has 0 aromatic heterocycles. The minimum Gasteiger partial charge on any atom is -0.493 e. The highest BCUT2D eigenvalue weighted by Crippen LogP contribution is 2.63. The Morgan fingerprint density at radius 3 is 3.09 bits per heavy atom. The number of Topliss-reactive ketones (excluding diaryl/α,β-unsaturated/α-hetero) is 1. The maximum atomic E-state index is 12.6. The fourth-order valence-corrected chi connectivity index (χ4v) is 5.37. The van der Waals surface area contributed by atoms with Gasteiger partial charge in [0.05, 0.1) is 18.1 Å². The molecule has 0 radical (unpaired) electrons. The first-order valence-electron chi connectivity index (χ1n) is 7.97. The smallest absolute Gasteiger partial charge is 0.174 e. The number of hydrogen-bond acceptors (Lipinski definition) is 5. The van der Waals surface area contributed by atoms with Crippen molar-refractivity contribution in [3.8, 4) is 11.5 Å². The van der Waals surface area contributed by atoms with Crippen LogP contribution < -0.4 is 14.8 Å². The number of carbonyl (C=O) groups is 1. The summed E-state index contributed by atoms with van der Waals surface area (Å²) in [6.45, 7) is 0.802. The Kier molecular flexibility index (Phi) is 2.25. The topological polar surface area (TPSA) is 67.8 Å². The number of aliphatic hydroxyl groups is 1. The molecule has 2 fully saturated rings. The molecule has 1 saturated carbocycles. The SMILES string of the molecule is COc1ccc2c3c1OC1C(=O)CC[C@@]4(O)[C@@H](C2)NCC[C@]314. The molecule has 1 saturated heterocycles. The Morgan fingerprint density at radius 2 is 2.27 bits per heavy atom. The molecule has 1 spiro atoms. The van der Waals surface area contributed by atoms with Gasteiger partial charge in [-0.1, -0.05) is 6.07 Å². The molecule has 5 heteroatoms. The molecule has 116 valence electrons. The molecule has 1 aromatic rings. The second-order valence-electron chi connectivity index (χ2n) is 6.95. The van der Waals surface area contributed by atoms with Crippen molar-refractivity contribution in [2.24, 2.45) is 0 Å². The van der Waals surface area contributed by atoms with E-state index in [4.69, 9.17) is 9.47 Å². The van der Waals surface area contributed by atoms with E-state index in [2.05, 4.69) is 11.4 Å². The Hall–Kier alpha value is -1.59. The lowest BCUT2D eigenvalue weighted by Crippen LogP contribution is -2.76. The van der Waals surface area contributed by atoms with Crippen molar-refractivity contribution in [2.75, 3.05) is 13.7 Å². The van der Waals surface area contributed by atoms with Crippen LogP contribution >= 0.6 is 0 Å². The molecule has 4 atom stereocenters. The lowest BCUT2D eigenvalue weighted by Gasteiger charge is -2.59. The largest absolute Gasteiger partial charge is 0.493 e. The summed E-state index contributed by atoms with van der Waals surface area (Å²) in [4.78, 5) is 12.6. The van der Waals surface area contributed by atoms with Crippen LogP contribution in [0.1, 0.15) is 30.4 Å². The number of nitrogens with one attached hydrogen (secondary N) is 1. The highest BCUT2D eigenvalue weighted by Gasteiger charge is 2.71. The van der Waals surface area contributed by atoms with Crippen LogP contribution in [0.25, 0.3) is 0 Å². The predicted octanol–water partition coefficient (Wildman–Crippen LogP) is 0.706. The third-order valence-corrected chi connectivity index (χ3v) is 6.29. The van der Waals surface area contributed by atoms with Gasteiger partial charge < -0.3 is 19.9 Å². The van der Waals surface area contributed by atoms with E-state index in [0.29, 0.717) is 24.3 Å². The highest BCUT2D eigenvalue weighted by molar-refractivity contribution is 5.90. The standard InChI is InChI=1S/C17H19NO4/c1-21-11-3-2-9-8-12-17(20)5-4-10(19)15-16(17,6-7-18-12)13(9)14(11)22-15/h2-3,12,15,18,20H,4-8H2,1H3/t12-,15?,16+,17-/m1/s1. The van der Waals surface area contributed by atoms with Gasteiger partial charge in [-0.15, -0.1) is 0 Å². The van der Waals surface area contributed by atoms with Gasteiger partial charge in [-0.25, -0.2) is 0 Å². The van der Waals surface area contributed by atoms with Gasteiger partial charge in [0, 0.05) is 18.0 Å². The van der Waals surface area contributed by atoms with Gasteiger partial charge >= 0.3 is 0 Å². The monoisotopic (exact) mass is 301 g/mol. The van der Waals surface area contributed by atoms with Crippen LogP contribution in [-0.4, -0.2) is 42.3 Å². The summed E-state index contributed by atoms with van der Waals surface area (Å²) < 4.78 is 11.6. The van der Waals surface area contributed by atoms with Crippen LogP contribution in [0.3, 0.4) is 0 Å². The van der Waals surface area contributed by atoms with Crippen molar-refractivity contribution >= 4 is 5.78 Å². The van der Waals surface area contributed by atoms with Gasteiger partial charge in [-0.2, -0.15) is 0 Å². The van der Waals surface area contributed by atoms with Crippen LogP contribution in [0.4, 0.5) is 0 Å². The summed E-state index contributed by atoms with van der Waals surface area (Å²) in [6, 6.07) is 3.96. The molecule has 5 nitrogen and oxygen atoms in total. The van der Waals surface area contributed by atoms with Crippen LogP contribution in [0.15, 0.2) is 12.1 Å². The van der Waals surface area contributed by atoms with E-state index < -0.39 is 17.1 Å². The van der Waals surface area contributed by atoms with E-state index in [0.717, 1.165) is 24.9 Å². The second-order valence-corrected chi connectivity index (χ2v) is 6.95. The highest BCUT2D eigenvalue weighted by atomic mass is 16.5. The Morgan fingerprint density at radius 1 is 1.41 bits per heavy atom. The number of rotatable bonds is 1. The van der Waals surface area contributed by atoms with E-state index in [1.807, 2.05) is 6.07 Å². The first-order valence-corrected chi connectivity index (χ1v) is 7.97. The van der Waals surface area contributed by atoms with Gasteiger partial charge in [-0.05, 0) is 37.4 Å². The Bertz CT molecular complexity index is 702. The minimum absolute atomic E-state index is 0.00713. The second kappa shape index (κ2) is 3.84. The van der Waals surface area contributed by atoms with E-state index in [9.17, 15) is 9.90 Å². The molecule has 1 unspecified atom stereocenters. The van der Waals surface area contributed by atoms with Crippen molar-refractivity contribution in [3.63, 3.8) is 0 Å². The van der Waals surface area contributed by atoms with E-state index in [-0.39, 0.29) is 11.8 Å². The van der Waals surface area contributed by atoms with Gasteiger partial charge in [0.25, 0.3) is 0 Å². The molecule has 2 heterocycles. The summed E-state index contributed by atoms with van der Waals surface area (Å²) >= 11 is 0. The summed E-state index contributed by atoms with van der Waals surface area (Å²) in [6.07, 6.45) is 1.83. The zero-order valence-electron chi connectivity index (χ0n) is 12.5. The molecule has 2 bridgehead atoms. The maximum Gasteiger partial charge on any atom is 0.174 e. The molecule has 2 N–H and O–H groups in total. The number of ketones is 1. The third-order valence-electron chi connectivity index (χ3n) is 6.29. The van der Waals surface area contributed by atoms with Gasteiger partial charge in [0.2, 0.25) is 0 Å². The van der Waals surface area contributed by atoms with E-state index in [1.54, 1.807) is 7.11 Å². The lowest BCUT2D eigenvalue weighted by molar-refractivity contribution is -0.166. The zero-order valence-corrected chi connectivity index (χ0v) is 12.5. The average Bonchev–Trinajstić information content (AvgIpc) is 2.85. The number of ether oxygens (including phenoxy) is 2. The van der Waals surface area contributed by atoms with E-state index in [1.165, 1.54) is 5.56 Å². The van der Waals surface area contributed by atoms with Crippen LogP contribution in [0.2, 0.25) is 0 Å². The number of benzene rings is 1. The molecule has 0 amide bonds. The molecule has 4 aliphatic rings. The summed E-state index contributed by atoms with van der Waals surface area (Å²) in [5.41, 5.74) is 0.699. The summed E-state index contributed by atoms with van der Waals surface area (Å²) in [7, 11) is 1.61. The fourth-order valence-electron chi connectivity index (χ4n) is 5.37. The molecule has 2 aliphatic heterocycles. The minimum atomic E-state index is -0.908. The molecule has 22 heavy (non-hydrogen) atoms. The normalized spacial score (nSPS) is 40.9. The summed E-state index contributed by atoms with van der Waals surface area (Å²) in [5, 5.41) is 15.0. The first kappa shape index (κ1) is 12.9. The fraction of sp³-hybridized carbons (Fsp3) is 0.588. The molecule has 5 rings (SSSR count). The van der Waals surface area contributed by atoms with Crippen molar-refractivity contribution < 1.29 is 19.4 Å². The Balaban J connectivity index is 1.87. The van der Waals surface area contributed by atoms with Crippen LogP contribution in [-0.2, 0) is 16.6 Å². The van der Waals surface area contributed by atoms with Crippen molar-refractivity contribution in [3.05, 3.63) is 23.3 Å².